The number of rotatable bonds is 8. The molecule has 0 fully saturated rings. The van der Waals surface area contributed by atoms with Crippen LogP contribution in [-0.2, 0) is 16.1 Å². The van der Waals surface area contributed by atoms with Crippen molar-refractivity contribution >= 4 is 17.5 Å². The van der Waals surface area contributed by atoms with Gasteiger partial charge in [0.25, 0.3) is 5.91 Å². The van der Waals surface area contributed by atoms with Crippen molar-refractivity contribution < 1.29 is 14.3 Å². The van der Waals surface area contributed by atoms with Crippen molar-refractivity contribution in [3.8, 4) is 0 Å². The van der Waals surface area contributed by atoms with Gasteiger partial charge in [0.2, 0.25) is 5.91 Å². The highest BCUT2D eigenvalue weighted by molar-refractivity contribution is 6.04. The summed E-state index contributed by atoms with van der Waals surface area (Å²) in [6, 6.07) is 10.6. The summed E-state index contributed by atoms with van der Waals surface area (Å²) in [7, 11) is 1.53. The van der Waals surface area contributed by atoms with Crippen LogP contribution < -0.4 is 16.4 Å². The fourth-order valence-electron chi connectivity index (χ4n) is 2.21. The molecule has 2 rings (SSSR count). The summed E-state index contributed by atoms with van der Waals surface area (Å²) in [6.07, 6.45) is 3.06. The Morgan fingerprint density at radius 2 is 2.00 bits per heavy atom. The fourth-order valence-corrected chi connectivity index (χ4v) is 2.21. The number of carbonyl (C=O) groups is 2. The van der Waals surface area contributed by atoms with Crippen LogP contribution in [0.25, 0.3) is 0 Å². The van der Waals surface area contributed by atoms with Gasteiger partial charge in [0.15, 0.2) is 0 Å². The summed E-state index contributed by atoms with van der Waals surface area (Å²) in [5.41, 5.74) is 7.57. The van der Waals surface area contributed by atoms with E-state index in [0.717, 1.165) is 5.56 Å². The van der Waals surface area contributed by atoms with Crippen LogP contribution in [0.5, 0.6) is 0 Å². The number of methoxy groups -OCH3 is 1. The second-order valence-corrected chi connectivity index (χ2v) is 5.46. The van der Waals surface area contributed by atoms with E-state index in [4.69, 9.17) is 10.5 Å². The van der Waals surface area contributed by atoms with E-state index in [1.807, 2.05) is 18.2 Å². The molecule has 0 saturated heterocycles. The number of nitrogens with two attached hydrogens (primary N) is 1. The normalized spacial score (nSPS) is 11.6. The summed E-state index contributed by atoms with van der Waals surface area (Å²) in [5.74, 6) is -0.349. The van der Waals surface area contributed by atoms with Crippen LogP contribution in [0.1, 0.15) is 22.3 Å². The minimum Gasteiger partial charge on any atom is -0.380 e. The average Bonchev–Trinajstić information content (AvgIpc) is 2.65. The van der Waals surface area contributed by atoms with E-state index in [1.54, 1.807) is 30.6 Å². The molecule has 0 saturated carbocycles. The molecule has 2 amide bonds. The molecule has 4 N–H and O–H groups in total. The third kappa shape index (κ3) is 5.98. The number of amides is 2. The Hall–Kier alpha value is -2.77. The molecule has 0 aliphatic heterocycles. The SMILES string of the molecule is COC(CN)CC(=O)NCc1cccc(NC(=O)c2ccncc2)c1. The predicted octanol–water partition coefficient (Wildman–Crippen LogP) is 1.31. The molecule has 2 aromatic rings. The molecule has 0 aliphatic carbocycles. The van der Waals surface area contributed by atoms with Gasteiger partial charge in [-0.25, -0.2) is 0 Å². The van der Waals surface area contributed by atoms with E-state index >= 15 is 0 Å². The first-order valence-electron chi connectivity index (χ1n) is 7.92. The molecule has 1 aromatic carbocycles. The topological polar surface area (TPSA) is 106 Å². The van der Waals surface area contributed by atoms with Crippen LogP contribution in [0.2, 0.25) is 0 Å². The Morgan fingerprint density at radius 3 is 2.68 bits per heavy atom. The van der Waals surface area contributed by atoms with Gasteiger partial charge in [0.05, 0.1) is 12.5 Å². The van der Waals surface area contributed by atoms with E-state index in [1.165, 1.54) is 7.11 Å². The highest BCUT2D eigenvalue weighted by atomic mass is 16.5. The Bertz CT molecular complexity index is 702. The molecule has 1 atom stereocenters. The van der Waals surface area contributed by atoms with Gasteiger partial charge in [0, 0.05) is 43.8 Å². The number of hydrogen-bond donors (Lipinski definition) is 3. The smallest absolute Gasteiger partial charge is 0.255 e. The van der Waals surface area contributed by atoms with Crippen molar-refractivity contribution in [2.45, 2.75) is 19.1 Å². The van der Waals surface area contributed by atoms with E-state index in [0.29, 0.717) is 24.3 Å². The minimum absolute atomic E-state index is 0.136. The quantitative estimate of drug-likeness (QED) is 0.671. The number of nitrogens with one attached hydrogen (secondary N) is 2. The fraction of sp³-hybridized carbons (Fsp3) is 0.278. The molecule has 7 heteroatoms. The van der Waals surface area contributed by atoms with Gasteiger partial charge in [0.1, 0.15) is 0 Å². The van der Waals surface area contributed by atoms with E-state index in [9.17, 15) is 9.59 Å². The maximum absolute atomic E-state index is 12.1. The standard InChI is InChI=1S/C18H22N4O3/c1-25-16(11-19)10-17(23)21-12-13-3-2-4-15(9-13)22-18(24)14-5-7-20-8-6-14/h2-9,16H,10-12,19H2,1H3,(H,21,23)(H,22,24). The maximum atomic E-state index is 12.1. The summed E-state index contributed by atoms with van der Waals surface area (Å²) in [5, 5.41) is 5.64. The number of anilines is 1. The Labute approximate surface area is 146 Å². The van der Waals surface area contributed by atoms with E-state index in [2.05, 4.69) is 15.6 Å². The van der Waals surface area contributed by atoms with Gasteiger partial charge in [-0.1, -0.05) is 12.1 Å². The highest BCUT2D eigenvalue weighted by Crippen LogP contribution is 2.12. The third-order valence-corrected chi connectivity index (χ3v) is 3.63. The van der Waals surface area contributed by atoms with Crippen molar-refractivity contribution in [2.24, 2.45) is 5.73 Å². The molecule has 7 nitrogen and oxygen atoms in total. The van der Waals surface area contributed by atoms with Gasteiger partial charge in [-0.3, -0.25) is 14.6 Å². The second kappa shape index (κ2) is 9.51. The lowest BCUT2D eigenvalue weighted by Crippen LogP contribution is -2.31. The summed E-state index contributed by atoms with van der Waals surface area (Å²) >= 11 is 0. The van der Waals surface area contributed by atoms with Crippen molar-refractivity contribution in [3.63, 3.8) is 0 Å². The molecule has 25 heavy (non-hydrogen) atoms. The average molecular weight is 342 g/mol. The number of nitrogens with zero attached hydrogens (tertiary/aromatic N) is 1. The van der Waals surface area contributed by atoms with Crippen LogP contribution in [0.3, 0.4) is 0 Å². The Kier molecular flexibility index (Phi) is 7.06. The van der Waals surface area contributed by atoms with Crippen LogP contribution in [0, 0.1) is 0 Å². The number of aromatic nitrogens is 1. The molecular formula is C18H22N4O3. The molecule has 0 bridgehead atoms. The summed E-state index contributed by atoms with van der Waals surface area (Å²) in [4.78, 5) is 27.9. The Balaban J connectivity index is 1.90. The van der Waals surface area contributed by atoms with Crippen molar-refractivity contribution in [1.29, 1.82) is 0 Å². The molecule has 1 heterocycles. The second-order valence-electron chi connectivity index (χ2n) is 5.46. The lowest BCUT2D eigenvalue weighted by Gasteiger charge is -2.13. The Morgan fingerprint density at radius 1 is 1.24 bits per heavy atom. The van der Waals surface area contributed by atoms with Crippen LogP contribution in [-0.4, -0.2) is 36.6 Å². The number of hydrogen-bond acceptors (Lipinski definition) is 5. The first-order chi connectivity index (χ1) is 12.1. The zero-order valence-electron chi connectivity index (χ0n) is 14.1. The van der Waals surface area contributed by atoms with Gasteiger partial charge >= 0.3 is 0 Å². The van der Waals surface area contributed by atoms with Crippen LogP contribution in [0.15, 0.2) is 48.8 Å². The zero-order chi connectivity index (χ0) is 18.1. The number of benzene rings is 1. The molecule has 0 spiro atoms. The number of carbonyl (C=O) groups excluding carboxylic acids is 2. The van der Waals surface area contributed by atoms with Crippen molar-refractivity contribution in [3.05, 3.63) is 59.9 Å². The molecular weight excluding hydrogens is 320 g/mol. The highest BCUT2D eigenvalue weighted by Gasteiger charge is 2.11. The van der Waals surface area contributed by atoms with Gasteiger partial charge in [-0.15, -0.1) is 0 Å². The first-order valence-corrected chi connectivity index (χ1v) is 7.92. The summed E-state index contributed by atoms with van der Waals surface area (Å²) in [6.45, 7) is 0.652. The zero-order valence-corrected chi connectivity index (χ0v) is 14.1. The lowest BCUT2D eigenvalue weighted by molar-refractivity contribution is -0.123. The monoisotopic (exact) mass is 342 g/mol. The molecule has 0 radical (unpaired) electrons. The largest absolute Gasteiger partial charge is 0.380 e. The van der Waals surface area contributed by atoms with Gasteiger partial charge < -0.3 is 21.1 Å². The van der Waals surface area contributed by atoms with Gasteiger partial charge in [-0.05, 0) is 29.8 Å². The maximum Gasteiger partial charge on any atom is 0.255 e. The molecule has 1 unspecified atom stereocenters. The predicted molar refractivity (Wildman–Crippen MR) is 94.9 cm³/mol. The van der Waals surface area contributed by atoms with Crippen LogP contribution in [0.4, 0.5) is 5.69 Å². The minimum atomic E-state index is -0.286. The first kappa shape index (κ1) is 18.6. The van der Waals surface area contributed by atoms with Crippen molar-refractivity contribution in [1.82, 2.24) is 10.3 Å². The van der Waals surface area contributed by atoms with E-state index in [-0.39, 0.29) is 24.3 Å². The molecule has 0 aliphatic rings. The van der Waals surface area contributed by atoms with Crippen LogP contribution >= 0.6 is 0 Å². The molecule has 132 valence electrons. The number of ether oxygens (including phenoxy) is 1. The van der Waals surface area contributed by atoms with Crippen molar-refractivity contribution in [2.75, 3.05) is 19.0 Å². The molecule has 1 aromatic heterocycles. The van der Waals surface area contributed by atoms with E-state index < -0.39 is 0 Å². The van der Waals surface area contributed by atoms with Gasteiger partial charge in [-0.2, -0.15) is 0 Å². The number of pyridine rings is 1. The third-order valence-electron chi connectivity index (χ3n) is 3.63. The lowest BCUT2D eigenvalue weighted by atomic mass is 10.1. The summed E-state index contributed by atoms with van der Waals surface area (Å²) < 4.78 is 5.09.